The van der Waals surface area contributed by atoms with Crippen LogP contribution in [0.3, 0.4) is 0 Å². The van der Waals surface area contributed by atoms with Crippen LogP contribution >= 0.6 is 0 Å². The zero-order valence-corrected chi connectivity index (χ0v) is 28.1. The molecule has 0 saturated carbocycles. The van der Waals surface area contributed by atoms with Crippen molar-refractivity contribution in [2.75, 3.05) is 0 Å². The van der Waals surface area contributed by atoms with E-state index in [0.717, 1.165) is 12.8 Å². The second-order valence-electron chi connectivity index (χ2n) is 16.5. The Morgan fingerprint density at radius 3 is 1.24 bits per heavy atom. The average Bonchev–Trinajstić information content (AvgIpc) is 2.63. The second-order valence-corrected chi connectivity index (χ2v) is 16.5. The molecular formula is C34H62O4. The lowest BCUT2D eigenvalue weighted by Crippen LogP contribution is -2.52. The Balaban J connectivity index is 0. The van der Waals surface area contributed by atoms with Gasteiger partial charge in [-0.1, -0.05) is 134 Å². The van der Waals surface area contributed by atoms with Gasteiger partial charge in [-0.2, -0.15) is 0 Å². The Bertz CT molecular complexity index is 778. The van der Waals surface area contributed by atoms with Crippen LogP contribution in [0.1, 0.15) is 143 Å². The molecular weight excluding hydrogens is 472 g/mol. The van der Waals surface area contributed by atoms with Crippen molar-refractivity contribution >= 4 is 11.9 Å². The summed E-state index contributed by atoms with van der Waals surface area (Å²) in [6, 6.07) is 10.6. The van der Waals surface area contributed by atoms with Crippen LogP contribution in [0.4, 0.5) is 0 Å². The van der Waals surface area contributed by atoms with Crippen molar-refractivity contribution in [3.8, 4) is 0 Å². The predicted octanol–water partition coefficient (Wildman–Crippen LogP) is 10.1. The lowest BCUT2D eigenvalue weighted by atomic mass is 9.80. The van der Waals surface area contributed by atoms with Crippen molar-refractivity contribution in [1.82, 2.24) is 0 Å². The van der Waals surface area contributed by atoms with Gasteiger partial charge in [-0.25, -0.2) is 0 Å². The summed E-state index contributed by atoms with van der Waals surface area (Å²) in [5, 5.41) is 0. The first-order valence-electron chi connectivity index (χ1n) is 14.1. The monoisotopic (exact) mass is 534 g/mol. The van der Waals surface area contributed by atoms with Crippen LogP contribution in [0.15, 0.2) is 30.3 Å². The number of carbonyl (C=O) groups excluding carboxylic acids is 2. The van der Waals surface area contributed by atoms with Gasteiger partial charge in [-0.15, -0.1) is 0 Å². The minimum atomic E-state index is -1.15. The number of esters is 2. The molecule has 1 heterocycles. The topological polar surface area (TPSA) is 52.6 Å². The molecule has 1 saturated heterocycles. The van der Waals surface area contributed by atoms with E-state index in [-0.39, 0.29) is 5.41 Å². The van der Waals surface area contributed by atoms with Gasteiger partial charge in [0.25, 0.3) is 5.79 Å². The van der Waals surface area contributed by atoms with Gasteiger partial charge in [0, 0.05) is 13.8 Å². The maximum Gasteiger partial charge on any atom is 0.326 e. The van der Waals surface area contributed by atoms with Crippen molar-refractivity contribution in [3.63, 3.8) is 0 Å². The fourth-order valence-electron chi connectivity index (χ4n) is 2.89. The predicted molar refractivity (Wildman–Crippen MR) is 163 cm³/mol. The third kappa shape index (κ3) is 21.1. The molecule has 0 atom stereocenters. The van der Waals surface area contributed by atoms with Crippen LogP contribution in [0.25, 0.3) is 0 Å². The largest absolute Gasteiger partial charge is 0.422 e. The minimum Gasteiger partial charge on any atom is -0.422 e. The fourth-order valence-corrected chi connectivity index (χ4v) is 2.89. The molecule has 4 heteroatoms. The minimum absolute atomic E-state index is 0.193. The number of hydrogen-bond donors (Lipinski definition) is 0. The maximum absolute atomic E-state index is 12.0. The maximum atomic E-state index is 12.0. The number of hydrogen-bond acceptors (Lipinski definition) is 4. The molecule has 1 aromatic carbocycles. The molecule has 0 unspecified atom stereocenters. The summed E-state index contributed by atoms with van der Waals surface area (Å²) in [5.41, 5.74) is 1.73. The first-order valence-corrected chi connectivity index (χ1v) is 14.1. The summed E-state index contributed by atoms with van der Waals surface area (Å²) in [5.74, 6) is -2.09. The average molecular weight is 535 g/mol. The zero-order valence-electron chi connectivity index (χ0n) is 28.1. The van der Waals surface area contributed by atoms with E-state index in [9.17, 15) is 9.59 Å². The molecule has 1 aromatic rings. The molecule has 222 valence electrons. The van der Waals surface area contributed by atoms with Crippen molar-refractivity contribution < 1.29 is 19.1 Å². The summed E-state index contributed by atoms with van der Waals surface area (Å²) in [4.78, 5) is 23.9. The van der Waals surface area contributed by atoms with Crippen molar-refractivity contribution in [3.05, 3.63) is 35.9 Å². The number of ether oxygens (including phenoxy) is 2. The Morgan fingerprint density at radius 1 is 0.632 bits per heavy atom. The zero-order chi connectivity index (χ0) is 30.8. The summed E-state index contributed by atoms with van der Waals surface area (Å²) in [6.07, 6.45) is 2.22. The Labute approximate surface area is 236 Å². The lowest BCUT2D eigenvalue weighted by molar-refractivity contribution is -0.250. The van der Waals surface area contributed by atoms with Gasteiger partial charge in [0.1, 0.15) is 0 Å². The normalized spacial score (nSPS) is 16.8. The standard InChI is InChI=1S/C14H24O4.C10H14.2C5H12/c1-12(2,3)8-7-9-14(6)10(15)17-13(4,5)18-11(14)16;1-10(2,3)9-7-5-4-6-8-9;2*1-5(2,3)4/h7-9H2,1-6H3;4-8H,1-3H3;2*1-4H3. The van der Waals surface area contributed by atoms with Crippen LogP contribution in [-0.2, 0) is 24.5 Å². The van der Waals surface area contributed by atoms with E-state index >= 15 is 0 Å². The number of carbonyl (C=O) groups is 2. The van der Waals surface area contributed by atoms with Crippen molar-refractivity contribution in [2.24, 2.45) is 21.7 Å². The van der Waals surface area contributed by atoms with Crippen LogP contribution in [0.2, 0.25) is 0 Å². The van der Waals surface area contributed by atoms with E-state index in [0.29, 0.717) is 22.7 Å². The lowest BCUT2D eigenvalue weighted by Gasteiger charge is -2.38. The first kappa shape index (κ1) is 38.3. The first-order chi connectivity index (χ1) is 16.6. The third-order valence-electron chi connectivity index (χ3n) is 4.82. The van der Waals surface area contributed by atoms with Gasteiger partial charge in [-0.3, -0.25) is 9.59 Å². The summed E-state index contributed by atoms with van der Waals surface area (Å²) < 4.78 is 10.3. The van der Waals surface area contributed by atoms with Crippen LogP contribution in [0.5, 0.6) is 0 Å². The highest BCUT2D eigenvalue weighted by molar-refractivity contribution is 6.01. The molecule has 38 heavy (non-hydrogen) atoms. The Morgan fingerprint density at radius 2 is 0.974 bits per heavy atom. The molecule has 1 aliphatic heterocycles. The third-order valence-corrected chi connectivity index (χ3v) is 4.82. The highest BCUT2D eigenvalue weighted by atomic mass is 16.7. The van der Waals surface area contributed by atoms with Gasteiger partial charge >= 0.3 is 11.9 Å². The van der Waals surface area contributed by atoms with Gasteiger partial charge < -0.3 is 9.47 Å². The highest BCUT2D eigenvalue weighted by Crippen LogP contribution is 2.37. The molecule has 0 aliphatic carbocycles. The van der Waals surface area contributed by atoms with Gasteiger partial charge in [-0.05, 0) is 47.0 Å². The number of cyclic esters (lactones) is 2. The molecule has 0 N–H and O–H groups in total. The summed E-state index contributed by atoms with van der Waals surface area (Å²) >= 11 is 0. The molecule has 1 fully saturated rings. The van der Waals surface area contributed by atoms with Crippen LogP contribution < -0.4 is 0 Å². The molecule has 0 radical (unpaired) electrons. The van der Waals surface area contributed by atoms with E-state index in [1.807, 2.05) is 0 Å². The Hall–Kier alpha value is -1.84. The van der Waals surface area contributed by atoms with Gasteiger partial charge in [0.15, 0.2) is 5.41 Å². The fraction of sp³-hybridized carbons (Fsp3) is 0.765. The van der Waals surface area contributed by atoms with Crippen LogP contribution in [0, 0.1) is 21.7 Å². The quantitative estimate of drug-likeness (QED) is 0.286. The smallest absolute Gasteiger partial charge is 0.326 e. The van der Waals surface area contributed by atoms with Crippen LogP contribution in [-0.4, -0.2) is 17.7 Å². The molecule has 2 rings (SSSR count). The van der Waals surface area contributed by atoms with E-state index < -0.39 is 23.1 Å². The van der Waals surface area contributed by atoms with Crippen molar-refractivity contribution in [1.29, 1.82) is 0 Å². The molecule has 0 spiro atoms. The Kier molecular flexibility index (Phi) is 14.6. The second kappa shape index (κ2) is 14.5. The SMILES string of the molecule is CC(C)(C)C.CC(C)(C)C.CC(C)(C)CCCC1(C)C(=O)OC(C)(C)OC1=O.CC(C)(C)c1ccccc1. The molecule has 0 bridgehead atoms. The van der Waals surface area contributed by atoms with E-state index in [4.69, 9.17) is 9.47 Å². The van der Waals surface area contributed by atoms with Crippen molar-refractivity contribution in [2.45, 2.75) is 148 Å². The molecule has 1 aliphatic rings. The molecule has 0 aromatic heterocycles. The van der Waals surface area contributed by atoms with Gasteiger partial charge in [0.2, 0.25) is 0 Å². The molecule has 0 amide bonds. The highest BCUT2D eigenvalue weighted by Gasteiger charge is 2.52. The van der Waals surface area contributed by atoms with E-state index in [1.165, 1.54) is 5.56 Å². The van der Waals surface area contributed by atoms with E-state index in [2.05, 4.69) is 127 Å². The summed E-state index contributed by atoms with van der Waals surface area (Å²) in [6.45, 7) is 35.3. The molecule has 4 nitrogen and oxygen atoms in total. The van der Waals surface area contributed by atoms with Gasteiger partial charge in [0.05, 0.1) is 0 Å². The summed E-state index contributed by atoms with van der Waals surface area (Å²) in [7, 11) is 0. The van der Waals surface area contributed by atoms with E-state index in [1.54, 1.807) is 20.8 Å². The number of rotatable bonds is 3. The number of benzene rings is 1.